The Hall–Kier alpha value is -0.540. The summed E-state index contributed by atoms with van der Waals surface area (Å²) in [5, 5.41) is 9.75. The minimum atomic E-state index is 0. The van der Waals surface area contributed by atoms with Gasteiger partial charge in [0.2, 0.25) is 0 Å². The number of benzene rings is 1. The van der Waals surface area contributed by atoms with Crippen LogP contribution >= 0.6 is 17.0 Å². The van der Waals surface area contributed by atoms with Crippen molar-refractivity contribution in [1.82, 2.24) is 4.90 Å². The summed E-state index contributed by atoms with van der Waals surface area (Å²) in [5.74, 6) is 1.03. The molecule has 0 bridgehead atoms. The van der Waals surface area contributed by atoms with E-state index in [2.05, 4.69) is 31.9 Å². The molecule has 0 radical (unpaired) electrons. The highest BCUT2D eigenvalue weighted by atomic mass is 79.9. The number of phenolic OH excluding ortho intramolecular Hbond substituents is 1. The fourth-order valence-corrected chi connectivity index (χ4v) is 3.58. The lowest BCUT2D eigenvalue weighted by Crippen LogP contribution is -2.47. The van der Waals surface area contributed by atoms with Crippen molar-refractivity contribution in [3.05, 3.63) is 29.8 Å². The topological polar surface area (TPSA) is 23.5 Å². The smallest absolute Gasteiger partial charge is 0.115 e. The third-order valence-electron chi connectivity index (χ3n) is 4.59. The predicted molar refractivity (Wildman–Crippen MR) is 86.3 cm³/mol. The van der Waals surface area contributed by atoms with Gasteiger partial charge in [0.05, 0.1) is 0 Å². The molecule has 2 nitrogen and oxygen atoms in total. The van der Waals surface area contributed by atoms with Crippen LogP contribution in [0.1, 0.15) is 38.7 Å². The highest BCUT2D eigenvalue weighted by Gasteiger charge is 2.40. The molecule has 1 aliphatic rings. The van der Waals surface area contributed by atoms with Gasteiger partial charge in [-0.1, -0.05) is 32.4 Å². The Morgan fingerprint density at radius 1 is 1.42 bits per heavy atom. The highest BCUT2D eigenvalue weighted by Crippen LogP contribution is 2.43. The lowest BCUT2D eigenvalue weighted by atomic mass is 9.64. The summed E-state index contributed by atoms with van der Waals surface area (Å²) in [6.45, 7) is 6.92. The number of rotatable bonds is 3. The van der Waals surface area contributed by atoms with E-state index in [0.717, 1.165) is 13.1 Å². The van der Waals surface area contributed by atoms with Crippen LogP contribution in [0.2, 0.25) is 0 Å². The number of halogens is 1. The Morgan fingerprint density at radius 2 is 2.16 bits per heavy atom. The van der Waals surface area contributed by atoms with Crippen LogP contribution in [0.15, 0.2) is 24.3 Å². The molecule has 1 heterocycles. The van der Waals surface area contributed by atoms with Crippen LogP contribution in [0.4, 0.5) is 0 Å². The van der Waals surface area contributed by atoms with Gasteiger partial charge in [-0.25, -0.2) is 0 Å². The quantitative estimate of drug-likeness (QED) is 0.907. The second-order valence-electron chi connectivity index (χ2n) is 5.87. The molecule has 2 atom stereocenters. The van der Waals surface area contributed by atoms with Crippen LogP contribution in [0, 0.1) is 5.92 Å². The molecule has 2 rings (SSSR count). The first-order valence-corrected chi connectivity index (χ1v) is 7.06. The lowest BCUT2D eigenvalue weighted by molar-refractivity contribution is 0.112. The van der Waals surface area contributed by atoms with Gasteiger partial charge in [0.1, 0.15) is 5.75 Å². The molecule has 0 aromatic heterocycles. The first-order valence-electron chi connectivity index (χ1n) is 7.06. The zero-order valence-corrected chi connectivity index (χ0v) is 13.9. The maximum atomic E-state index is 9.75. The Kier molecular flexibility index (Phi) is 5.87. The van der Waals surface area contributed by atoms with E-state index in [1.54, 1.807) is 6.07 Å². The minimum absolute atomic E-state index is 0. The first kappa shape index (κ1) is 16.5. The van der Waals surface area contributed by atoms with Gasteiger partial charge in [-0.3, -0.25) is 0 Å². The molecule has 1 saturated heterocycles. The zero-order chi connectivity index (χ0) is 13.2. The van der Waals surface area contributed by atoms with Gasteiger partial charge in [0, 0.05) is 12.0 Å². The van der Waals surface area contributed by atoms with Gasteiger partial charge in [-0.05, 0) is 50.0 Å². The Morgan fingerprint density at radius 3 is 2.74 bits per heavy atom. The molecule has 1 fully saturated rings. The molecule has 0 amide bonds. The molecule has 0 aliphatic carbocycles. The van der Waals surface area contributed by atoms with Crippen molar-refractivity contribution in [2.75, 3.05) is 20.1 Å². The van der Waals surface area contributed by atoms with Crippen LogP contribution in [0.3, 0.4) is 0 Å². The summed E-state index contributed by atoms with van der Waals surface area (Å²) < 4.78 is 0. The number of hydrogen-bond donors (Lipinski definition) is 1. The standard InChI is InChI=1S/C16H25NO.BrH/c1-4-8-16(9-10-17(3)12-13(16)2)14-6-5-7-15(18)11-14;/h5-7,11,13,18H,4,8-10,12H2,1-3H3;1H. The monoisotopic (exact) mass is 327 g/mol. The number of piperidine rings is 1. The third-order valence-corrected chi connectivity index (χ3v) is 4.59. The van der Waals surface area contributed by atoms with Crippen molar-refractivity contribution in [1.29, 1.82) is 0 Å². The lowest BCUT2D eigenvalue weighted by Gasteiger charge is -2.46. The van der Waals surface area contributed by atoms with Crippen LogP contribution in [0.25, 0.3) is 0 Å². The van der Waals surface area contributed by atoms with E-state index in [4.69, 9.17) is 0 Å². The average molecular weight is 328 g/mol. The summed E-state index contributed by atoms with van der Waals surface area (Å²) in [6.07, 6.45) is 3.61. The predicted octanol–water partition coefficient (Wildman–Crippen LogP) is 3.98. The maximum absolute atomic E-state index is 9.75. The second kappa shape index (κ2) is 6.76. The minimum Gasteiger partial charge on any atom is -0.508 e. The van der Waals surface area contributed by atoms with Crippen LogP contribution < -0.4 is 0 Å². The fraction of sp³-hybridized carbons (Fsp3) is 0.625. The van der Waals surface area contributed by atoms with E-state index in [0.29, 0.717) is 11.7 Å². The number of hydrogen-bond acceptors (Lipinski definition) is 2. The molecule has 19 heavy (non-hydrogen) atoms. The van der Waals surface area contributed by atoms with Gasteiger partial charge in [0.25, 0.3) is 0 Å². The molecule has 108 valence electrons. The van der Waals surface area contributed by atoms with Gasteiger partial charge in [-0.2, -0.15) is 0 Å². The van der Waals surface area contributed by atoms with Crippen molar-refractivity contribution in [2.24, 2.45) is 5.92 Å². The van der Waals surface area contributed by atoms with Crippen molar-refractivity contribution >= 4 is 17.0 Å². The van der Waals surface area contributed by atoms with E-state index in [1.807, 2.05) is 12.1 Å². The molecule has 0 saturated carbocycles. The molecule has 1 aromatic carbocycles. The molecule has 1 aromatic rings. The summed E-state index contributed by atoms with van der Waals surface area (Å²) in [4.78, 5) is 2.42. The molecule has 1 aliphatic heterocycles. The van der Waals surface area contributed by atoms with Crippen molar-refractivity contribution in [3.8, 4) is 5.75 Å². The van der Waals surface area contributed by atoms with Crippen LogP contribution in [-0.4, -0.2) is 30.1 Å². The van der Waals surface area contributed by atoms with Crippen molar-refractivity contribution in [3.63, 3.8) is 0 Å². The Labute approximate surface area is 127 Å². The molecular weight excluding hydrogens is 302 g/mol. The number of phenols is 1. The normalized spacial score (nSPS) is 27.8. The van der Waals surface area contributed by atoms with Crippen molar-refractivity contribution in [2.45, 2.75) is 38.5 Å². The number of aromatic hydroxyl groups is 1. The van der Waals surface area contributed by atoms with Gasteiger partial charge >= 0.3 is 0 Å². The van der Waals surface area contributed by atoms with E-state index in [9.17, 15) is 5.11 Å². The zero-order valence-electron chi connectivity index (χ0n) is 12.2. The van der Waals surface area contributed by atoms with Gasteiger partial charge < -0.3 is 10.0 Å². The summed E-state index contributed by atoms with van der Waals surface area (Å²) in [7, 11) is 2.20. The maximum Gasteiger partial charge on any atom is 0.115 e. The molecule has 2 unspecified atom stereocenters. The van der Waals surface area contributed by atoms with Crippen LogP contribution in [0.5, 0.6) is 5.75 Å². The summed E-state index contributed by atoms with van der Waals surface area (Å²) in [5.41, 5.74) is 1.57. The largest absolute Gasteiger partial charge is 0.508 e. The number of likely N-dealkylation sites (tertiary alicyclic amines) is 1. The molecule has 0 spiro atoms. The van der Waals surface area contributed by atoms with E-state index < -0.39 is 0 Å². The average Bonchev–Trinajstić information content (AvgIpc) is 2.33. The Bertz CT molecular complexity index is 409. The van der Waals surface area contributed by atoms with Gasteiger partial charge in [-0.15, -0.1) is 17.0 Å². The SMILES string of the molecule is Br.CCCC1(c2cccc(O)c2)CCN(C)CC1C. The second-order valence-corrected chi connectivity index (χ2v) is 5.87. The first-order chi connectivity index (χ1) is 8.58. The third kappa shape index (κ3) is 3.32. The fourth-order valence-electron chi connectivity index (χ4n) is 3.58. The van der Waals surface area contributed by atoms with E-state index >= 15 is 0 Å². The summed E-state index contributed by atoms with van der Waals surface area (Å²) >= 11 is 0. The van der Waals surface area contributed by atoms with Crippen molar-refractivity contribution < 1.29 is 5.11 Å². The summed E-state index contributed by atoms with van der Waals surface area (Å²) in [6, 6.07) is 7.91. The van der Waals surface area contributed by atoms with E-state index in [-0.39, 0.29) is 22.4 Å². The van der Waals surface area contributed by atoms with Gasteiger partial charge in [0.15, 0.2) is 0 Å². The Balaban J connectivity index is 0.00000180. The molecular formula is C16H26BrNO. The molecule has 1 N–H and O–H groups in total. The highest BCUT2D eigenvalue weighted by molar-refractivity contribution is 8.93. The number of nitrogens with zero attached hydrogens (tertiary/aromatic N) is 1. The molecule has 3 heteroatoms. The van der Waals surface area contributed by atoms with E-state index in [1.165, 1.54) is 24.8 Å². The van der Waals surface area contributed by atoms with Crippen LogP contribution in [-0.2, 0) is 5.41 Å².